The molecule has 214 valence electrons. The molecule has 7 heteroatoms. The van der Waals surface area contributed by atoms with E-state index in [9.17, 15) is 14.4 Å². The maximum absolute atomic E-state index is 13.0. The highest BCUT2D eigenvalue weighted by atomic mass is 16.5. The van der Waals surface area contributed by atoms with Crippen LogP contribution in [0.5, 0.6) is 0 Å². The van der Waals surface area contributed by atoms with E-state index in [0.717, 1.165) is 43.2 Å². The van der Waals surface area contributed by atoms with Crippen LogP contribution in [0.15, 0.2) is 54.9 Å². The molecule has 39 heavy (non-hydrogen) atoms. The number of carbonyl (C=O) groups is 3. The number of esters is 1. The molecule has 0 aliphatic carbocycles. The van der Waals surface area contributed by atoms with Crippen LogP contribution in [0.4, 0.5) is 0 Å². The molecule has 0 radical (unpaired) electrons. The van der Waals surface area contributed by atoms with E-state index >= 15 is 0 Å². The van der Waals surface area contributed by atoms with Crippen molar-refractivity contribution < 1.29 is 19.1 Å². The zero-order valence-corrected chi connectivity index (χ0v) is 23.7. The van der Waals surface area contributed by atoms with E-state index in [1.54, 1.807) is 12.4 Å². The topological polar surface area (TPSA) is 97.4 Å². The number of nitrogens with one attached hydrogen (secondary N) is 2. The van der Waals surface area contributed by atoms with Gasteiger partial charge in [-0.25, -0.2) is 0 Å². The Morgan fingerprint density at radius 3 is 2.08 bits per heavy atom. The molecule has 2 N–H and O–H groups in total. The van der Waals surface area contributed by atoms with Crippen molar-refractivity contribution in [2.24, 2.45) is 0 Å². The molecule has 0 unspecified atom stereocenters. The Hall–Kier alpha value is -3.22. The first-order valence-corrected chi connectivity index (χ1v) is 14.8. The van der Waals surface area contributed by atoms with Gasteiger partial charge in [0.25, 0.3) is 0 Å². The minimum Gasteiger partial charge on any atom is -0.461 e. The summed E-state index contributed by atoms with van der Waals surface area (Å²) in [6, 6.07) is 12.3. The number of benzene rings is 1. The molecule has 0 saturated heterocycles. The Balaban J connectivity index is 1.63. The summed E-state index contributed by atoms with van der Waals surface area (Å²) in [6.45, 7) is 2.97. The monoisotopic (exact) mass is 537 g/mol. The molecule has 0 saturated carbocycles. The molecule has 0 aliphatic heterocycles. The number of hydrogen-bond donors (Lipinski definition) is 2. The molecular formula is C32H47N3O4. The average Bonchev–Trinajstić information content (AvgIpc) is 2.96. The van der Waals surface area contributed by atoms with Gasteiger partial charge in [0, 0.05) is 31.8 Å². The second-order valence-electron chi connectivity index (χ2n) is 10.1. The number of rotatable bonds is 21. The molecular weight excluding hydrogens is 490 g/mol. The van der Waals surface area contributed by atoms with Gasteiger partial charge >= 0.3 is 5.97 Å². The molecule has 0 spiro atoms. The van der Waals surface area contributed by atoms with Crippen LogP contribution in [-0.4, -0.2) is 29.3 Å². The molecule has 1 heterocycles. The van der Waals surface area contributed by atoms with Crippen molar-refractivity contribution >= 4 is 17.8 Å². The van der Waals surface area contributed by atoms with E-state index in [0.29, 0.717) is 25.8 Å². The molecule has 1 atom stereocenters. The summed E-state index contributed by atoms with van der Waals surface area (Å²) in [5.74, 6) is -0.528. The van der Waals surface area contributed by atoms with Crippen LogP contribution in [0.25, 0.3) is 0 Å². The summed E-state index contributed by atoms with van der Waals surface area (Å²) in [5.41, 5.74) is 1.68. The van der Waals surface area contributed by atoms with Gasteiger partial charge < -0.3 is 15.4 Å². The number of pyridine rings is 1. The van der Waals surface area contributed by atoms with Gasteiger partial charge in [0.05, 0.1) is 0 Å². The minimum atomic E-state index is -0.708. The van der Waals surface area contributed by atoms with Gasteiger partial charge in [-0.15, -0.1) is 0 Å². The third kappa shape index (κ3) is 15.1. The summed E-state index contributed by atoms with van der Waals surface area (Å²) in [7, 11) is 0. The molecule has 2 rings (SSSR count). The lowest BCUT2D eigenvalue weighted by molar-refractivity contribution is -0.145. The van der Waals surface area contributed by atoms with Crippen molar-refractivity contribution in [3.8, 4) is 0 Å². The van der Waals surface area contributed by atoms with Crippen molar-refractivity contribution in [2.75, 3.05) is 6.54 Å². The lowest BCUT2D eigenvalue weighted by Crippen LogP contribution is -2.40. The van der Waals surface area contributed by atoms with Crippen LogP contribution in [0.1, 0.15) is 114 Å². The number of unbranched alkanes of at least 4 members (excludes halogenated alkanes) is 10. The Morgan fingerprint density at radius 2 is 1.38 bits per heavy atom. The van der Waals surface area contributed by atoms with Crippen LogP contribution in [0.2, 0.25) is 0 Å². The van der Waals surface area contributed by atoms with Gasteiger partial charge in [-0.2, -0.15) is 0 Å². The van der Waals surface area contributed by atoms with Crippen LogP contribution in [0, 0.1) is 0 Å². The summed E-state index contributed by atoms with van der Waals surface area (Å²) in [6.07, 6.45) is 17.1. The van der Waals surface area contributed by atoms with E-state index in [1.807, 2.05) is 42.5 Å². The Bertz CT molecular complexity index is 937. The Labute approximate surface area is 234 Å². The number of nitrogens with zero attached hydrogens (tertiary/aromatic N) is 1. The molecule has 1 aromatic carbocycles. The largest absolute Gasteiger partial charge is 0.461 e. The predicted molar refractivity (Wildman–Crippen MR) is 155 cm³/mol. The van der Waals surface area contributed by atoms with Crippen molar-refractivity contribution in [3.05, 3.63) is 66.0 Å². The van der Waals surface area contributed by atoms with Crippen LogP contribution >= 0.6 is 0 Å². The second-order valence-corrected chi connectivity index (χ2v) is 10.1. The third-order valence-electron chi connectivity index (χ3n) is 6.71. The standard InChI is InChI=1S/C32H47N3O4/c1-2-3-4-5-6-7-8-9-14-19-29(36)35-31(28-17-12-10-13-18-28)32(38)34-23-16-11-15-20-30(37)39-26-27-21-24-33-25-22-27/h10,12-13,17-18,21-22,24-25,31H,2-9,11,14-16,19-20,23,26H2,1H3,(H,34,38)(H,35,36)/t31-/m1/s1. The number of amides is 2. The first kappa shape index (κ1) is 32.0. The summed E-state index contributed by atoms with van der Waals surface area (Å²) >= 11 is 0. The molecule has 0 bridgehead atoms. The molecule has 2 amide bonds. The van der Waals surface area contributed by atoms with Gasteiger partial charge in [-0.3, -0.25) is 19.4 Å². The van der Waals surface area contributed by atoms with Gasteiger partial charge in [0.15, 0.2) is 0 Å². The van der Waals surface area contributed by atoms with E-state index in [-0.39, 0.29) is 24.4 Å². The predicted octanol–water partition coefficient (Wildman–Crippen LogP) is 6.58. The smallest absolute Gasteiger partial charge is 0.306 e. The highest BCUT2D eigenvalue weighted by molar-refractivity contribution is 5.88. The van der Waals surface area contributed by atoms with E-state index in [1.165, 1.54) is 38.5 Å². The fourth-order valence-corrected chi connectivity index (χ4v) is 4.37. The molecule has 1 aromatic heterocycles. The molecule has 0 fully saturated rings. The SMILES string of the molecule is CCCCCCCCCCCC(=O)N[C@@H](C(=O)NCCCCCC(=O)OCc1ccncc1)c1ccccc1. The zero-order valence-electron chi connectivity index (χ0n) is 23.7. The van der Waals surface area contributed by atoms with Crippen molar-refractivity contribution in [2.45, 2.75) is 109 Å². The second kappa shape index (κ2) is 20.7. The average molecular weight is 538 g/mol. The zero-order chi connectivity index (χ0) is 28.0. The van der Waals surface area contributed by atoms with Gasteiger partial charge in [0.1, 0.15) is 12.6 Å². The lowest BCUT2D eigenvalue weighted by Gasteiger charge is -2.19. The molecule has 0 aliphatic rings. The molecule has 7 nitrogen and oxygen atoms in total. The first-order valence-electron chi connectivity index (χ1n) is 14.8. The van der Waals surface area contributed by atoms with E-state index in [4.69, 9.17) is 4.74 Å². The van der Waals surface area contributed by atoms with Gasteiger partial charge in [-0.05, 0) is 42.5 Å². The highest BCUT2D eigenvalue weighted by Gasteiger charge is 2.22. The van der Waals surface area contributed by atoms with E-state index in [2.05, 4.69) is 22.5 Å². The van der Waals surface area contributed by atoms with Gasteiger partial charge in [0.2, 0.25) is 11.8 Å². The van der Waals surface area contributed by atoms with Gasteiger partial charge in [-0.1, -0.05) is 95.0 Å². The van der Waals surface area contributed by atoms with Crippen LogP contribution in [-0.2, 0) is 25.7 Å². The van der Waals surface area contributed by atoms with E-state index < -0.39 is 6.04 Å². The normalized spacial score (nSPS) is 11.5. The quantitative estimate of drug-likeness (QED) is 0.138. The minimum absolute atomic E-state index is 0.0905. The maximum Gasteiger partial charge on any atom is 0.306 e. The summed E-state index contributed by atoms with van der Waals surface area (Å²) in [4.78, 5) is 41.5. The number of carbonyl (C=O) groups excluding carboxylic acids is 3. The maximum atomic E-state index is 13.0. The first-order chi connectivity index (χ1) is 19.1. The van der Waals surface area contributed by atoms with Crippen molar-refractivity contribution in [1.29, 1.82) is 0 Å². The Morgan fingerprint density at radius 1 is 0.769 bits per heavy atom. The number of ether oxygens (including phenoxy) is 1. The lowest BCUT2D eigenvalue weighted by atomic mass is 10.0. The molecule has 2 aromatic rings. The fraction of sp³-hybridized carbons (Fsp3) is 0.562. The number of hydrogen-bond acceptors (Lipinski definition) is 5. The van der Waals surface area contributed by atoms with Crippen molar-refractivity contribution in [3.63, 3.8) is 0 Å². The van der Waals surface area contributed by atoms with Crippen molar-refractivity contribution in [1.82, 2.24) is 15.6 Å². The highest BCUT2D eigenvalue weighted by Crippen LogP contribution is 2.15. The number of aromatic nitrogens is 1. The summed E-state index contributed by atoms with van der Waals surface area (Å²) < 4.78 is 5.28. The van der Waals surface area contributed by atoms with Crippen LogP contribution < -0.4 is 10.6 Å². The fourth-order valence-electron chi connectivity index (χ4n) is 4.37. The third-order valence-corrected chi connectivity index (χ3v) is 6.71. The van der Waals surface area contributed by atoms with Crippen LogP contribution in [0.3, 0.4) is 0 Å². The summed E-state index contributed by atoms with van der Waals surface area (Å²) in [5, 5.41) is 5.89. The Kier molecular flexibility index (Phi) is 17.0.